The van der Waals surface area contributed by atoms with Crippen molar-refractivity contribution in [3.05, 3.63) is 59.2 Å². The fourth-order valence-electron chi connectivity index (χ4n) is 2.49. The van der Waals surface area contributed by atoms with E-state index in [9.17, 15) is 9.59 Å². The van der Waals surface area contributed by atoms with E-state index < -0.39 is 5.97 Å². The van der Waals surface area contributed by atoms with Crippen molar-refractivity contribution in [2.75, 3.05) is 27.4 Å². The van der Waals surface area contributed by atoms with E-state index in [1.54, 1.807) is 25.2 Å². The Balaban J connectivity index is 1.87. The minimum absolute atomic E-state index is 0.281. The summed E-state index contributed by atoms with van der Waals surface area (Å²) >= 11 is 0. The van der Waals surface area contributed by atoms with Crippen LogP contribution in [0, 0.1) is 6.92 Å². The fraction of sp³-hybridized carbons (Fsp3) is 0.333. The number of benzene rings is 2. The minimum Gasteiger partial charge on any atom is -0.496 e. The number of carbonyl (C=O) groups is 2. The number of likely N-dealkylation sites (N-methyl/N-ethyl adjacent to an activating group) is 1. The Morgan fingerprint density at radius 1 is 1.07 bits per heavy atom. The van der Waals surface area contributed by atoms with Crippen molar-refractivity contribution in [1.29, 1.82) is 0 Å². The summed E-state index contributed by atoms with van der Waals surface area (Å²) in [4.78, 5) is 25.9. The molecule has 0 atom stereocenters. The molecule has 0 saturated carbocycles. The van der Waals surface area contributed by atoms with Gasteiger partial charge in [0.25, 0.3) is 5.91 Å². The van der Waals surface area contributed by atoms with Crippen molar-refractivity contribution >= 4 is 11.9 Å². The molecule has 0 aliphatic rings. The number of carbonyl (C=O) groups excluding carboxylic acids is 2. The maximum Gasteiger partial charge on any atom is 0.338 e. The van der Waals surface area contributed by atoms with Crippen LogP contribution in [0.15, 0.2) is 42.5 Å². The number of hydrogen-bond donors (Lipinski definition) is 0. The van der Waals surface area contributed by atoms with Crippen LogP contribution >= 0.6 is 0 Å². The summed E-state index contributed by atoms with van der Waals surface area (Å²) in [5.41, 5.74) is 2.23. The number of aryl methyl sites for hydroxylation is 1. The average Bonchev–Trinajstić information content (AvgIpc) is 2.67. The van der Waals surface area contributed by atoms with Gasteiger partial charge in [-0.25, -0.2) is 4.79 Å². The molecule has 6 nitrogen and oxygen atoms in total. The van der Waals surface area contributed by atoms with Crippen molar-refractivity contribution in [3.63, 3.8) is 0 Å². The molecule has 1 amide bonds. The van der Waals surface area contributed by atoms with E-state index in [0.29, 0.717) is 24.5 Å². The Hall–Kier alpha value is -3.02. The normalized spacial score (nSPS) is 10.2. The van der Waals surface area contributed by atoms with Crippen LogP contribution in [0.25, 0.3) is 0 Å². The van der Waals surface area contributed by atoms with Gasteiger partial charge in [0.1, 0.15) is 11.5 Å². The third-order valence-electron chi connectivity index (χ3n) is 4.05. The molecule has 0 saturated heterocycles. The van der Waals surface area contributed by atoms with Crippen LogP contribution in [0.4, 0.5) is 0 Å². The van der Waals surface area contributed by atoms with Gasteiger partial charge in [0.2, 0.25) is 0 Å². The van der Waals surface area contributed by atoms with Gasteiger partial charge in [0.05, 0.1) is 19.3 Å². The molecule has 2 rings (SSSR count). The molecule has 6 heteroatoms. The van der Waals surface area contributed by atoms with Crippen molar-refractivity contribution in [2.45, 2.75) is 20.4 Å². The molecule has 0 aliphatic carbocycles. The van der Waals surface area contributed by atoms with Crippen LogP contribution in [0.1, 0.15) is 28.4 Å². The monoisotopic (exact) mass is 371 g/mol. The zero-order valence-electron chi connectivity index (χ0n) is 16.2. The molecule has 0 fully saturated rings. The highest BCUT2D eigenvalue weighted by Gasteiger charge is 2.15. The summed E-state index contributed by atoms with van der Waals surface area (Å²) in [6.07, 6.45) is 0. The molecule has 0 aromatic heterocycles. The molecule has 2 aromatic carbocycles. The number of nitrogens with zero attached hydrogens (tertiary/aromatic N) is 1. The summed E-state index contributed by atoms with van der Waals surface area (Å²) in [7, 11) is 3.21. The van der Waals surface area contributed by atoms with Gasteiger partial charge in [0, 0.05) is 13.6 Å². The van der Waals surface area contributed by atoms with Gasteiger partial charge in [-0.3, -0.25) is 4.79 Å². The van der Waals surface area contributed by atoms with Gasteiger partial charge in [-0.15, -0.1) is 0 Å². The Bertz CT molecular complexity index is 786. The first-order valence-electron chi connectivity index (χ1n) is 8.72. The second-order valence-electron chi connectivity index (χ2n) is 6.09. The van der Waals surface area contributed by atoms with Gasteiger partial charge in [-0.1, -0.05) is 18.2 Å². The average molecular weight is 371 g/mol. The largest absolute Gasteiger partial charge is 0.496 e. The van der Waals surface area contributed by atoms with Crippen molar-refractivity contribution in [2.24, 2.45) is 0 Å². The molecule has 0 unspecified atom stereocenters. The Labute approximate surface area is 159 Å². The lowest BCUT2D eigenvalue weighted by Crippen LogP contribution is -2.30. The molecule has 0 radical (unpaired) electrons. The lowest BCUT2D eigenvalue weighted by Gasteiger charge is -2.17. The maximum atomic E-state index is 12.2. The minimum atomic E-state index is -0.559. The van der Waals surface area contributed by atoms with E-state index in [4.69, 9.17) is 14.2 Å². The standard InChI is InChI=1S/C21H25NO5/c1-5-26-18-10-7-16(8-11-18)13-22(3)20(23)14-27-21(24)17-9-6-15(2)19(12-17)25-4/h6-12H,5,13-14H2,1-4H3. The predicted octanol–water partition coefficient (Wildman–Crippen LogP) is 3.22. The fourth-order valence-corrected chi connectivity index (χ4v) is 2.49. The number of hydrogen-bond acceptors (Lipinski definition) is 5. The molecule has 0 spiro atoms. The van der Waals surface area contributed by atoms with Gasteiger partial charge in [0.15, 0.2) is 6.61 Å². The highest BCUT2D eigenvalue weighted by Crippen LogP contribution is 2.19. The van der Waals surface area contributed by atoms with Crippen LogP contribution in [-0.4, -0.2) is 44.1 Å². The van der Waals surface area contributed by atoms with Crippen LogP contribution in [0.5, 0.6) is 11.5 Å². The second kappa shape index (κ2) is 9.62. The Morgan fingerprint density at radius 3 is 2.41 bits per heavy atom. The highest BCUT2D eigenvalue weighted by molar-refractivity contribution is 5.91. The molecule has 0 N–H and O–H groups in total. The predicted molar refractivity (Wildman–Crippen MR) is 102 cm³/mol. The van der Waals surface area contributed by atoms with Crippen LogP contribution in [0.3, 0.4) is 0 Å². The molecule has 27 heavy (non-hydrogen) atoms. The highest BCUT2D eigenvalue weighted by atomic mass is 16.5. The Morgan fingerprint density at radius 2 is 1.78 bits per heavy atom. The lowest BCUT2D eigenvalue weighted by molar-refractivity contribution is -0.133. The van der Waals surface area contributed by atoms with Gasteiger partial charge in [-0.2, -0.15) is 0 Å². The van der Waals surface area contributed by atoms with E-state index in [1.807, 2.05) is 38.1 Å². The topological polar surface area (TPSA) is 65.1 Å². The summed E-state index contributed by atoms with van der Waals surface area (Å²) in [6, 6.07) is 12.6. The quantitative estimate of drug-likeness (QED) is 0.667. The molecular weight excluding hydrogens is 346 g/mol. The molecule has 144 valence electrons. The van der Waals surface area contributed by atoms with E-state index in [-0.39, 0.29) is 12.5 Å². The zero-order valence-corrected chi connectivity index (χ0v) is 16.2. The first kappa shape index (κ1) is 20.3. The number of esters is 1. The first-order valence-corrected chi connectivity index (χ1v) is 8.72. The van der Waals surface area contributed by atoms with E-state index in [0.717, 1.165) is 16.9 Å². The smallest absolute Gasteiger partial charge is 0.338 e. The number of rotatable bonds is 8. The zero-order chi connectivity index (χ0) is 19.8. The number of ether oxygens (including phenoxy) is 3. The molecular formula is C21H25NO5. The molecule has 0 bridgehead atoms. The van der Waals surface area contributed by atoms with Gasteiger partial charge >= 0.3 is 5.97 Å². The SMILES string of the molecule is CCOc1ccc(CN(C)C(=O)COC(=O)c2ccc(C)c(OC)c2)cc1. The maximum absolute atomic E-state index is 12.2. The second-order valence-corrected chi connectivity index (χ2v) is 6.09. The van der Waals surface area contributed by atoms with E-state index in [2.05, 4.69) is 0 Å². The van der Waals surface area contributed by atoms with Crippen LogP contribution in [-0.2, 0) is 16.1 Å². The van der Waals surface area contributed by atoms with Gasteiger partial charge < -0.3 is 19.1 Å². The summed E-state index contributed by atoms with van der Waals surface area (Å²) < 4.78 is 15.7. The first-order chi connectivity index (χ1) is 12.9. The summed E-state index contributed by atoms with van der Waals surface area (Å²) in [5, 5.41) is 0. The summed E-state index contributed by atoms with van der Waals surface area (Å²) in [5.74, 6) is 0.550. The third-order valence-corrected chi connectivity index (χ3v) is 4.05. The summed E-state index contributed by atoms with van der Waals surface area (Å²) in [6.45, 7) is 4.52. The van der Waals surface area contributed by atoms with Crippen molar-refractivity contribution in [1.82, 2.24) is 4.90 Å². The number of amides is 1. The van der Waals surface area contributed by atoms with Crippen LogP contribution < -0.4 is 9.47 Å². The van der Waals surface area contributed by atoms with Crippen molar-refractivity contribution in [3.8, 4) is 11.5 Å². The van der Waals surface area contributed by atoms with Crippen LogP contribution in [0.2, 0.25) is 0 Å². The van der Waals surface area contributed by atoms with E-state index in [1.165, 1.54) is 12.0 Å². The molecule has 0 aliphatic heterocycles. The number of methoxy groups -OCH3 is 1. The Kier molecular flexibility index (Phi) is 7.23. The lowest BCUT2D eigenvalue weighted by atomic mass is 10.1. The molecule has 0 heterocycles. The molecule has 2 aromatic rings. The third kappa shape index (κ3) is 5.74. The van der Waals surface area contributed by atoms with E-state index >= 15 is 0 Å². The van der Waals surface area contributed by atoms with Crippen molar-refractivity contribution < 1.29 is 23.8 Å². The van der Waals surface area contributed by atoms with Gasteiger partial charge in [-0.05, 0) is 49.2 Å².